The standard InChI is InChI=1S/C13H16N2O6/c1-5-9(16)14-12(17)15-10(5)18-4-6-7-8(11(15)19-6)21-13(2,3)20-7/h6-8,11H,4H2,1-3H3,(H,14,16,17)/t6-,7-,8-,11-/m1/s1. The largest absolute Gasteiger partial charge is 0.475 e. The molecule has 2 saturated heterocycles. The Hall–Kier alpha value is -1.64. The second-order valence-corrected chi connectivity index (χ2v) is 6.00. The molecule has 8 heteroatoms. The van der Waals surface area contributed by atoms with E-state index in [1.165, 1.54) is 4.57 Å². The van der Waals surface area contributed by atoms with Gasteiger partial charge >= 0.3 is 5.69 Å². The number of rotatable bonds is 0. The summed E-state index contributed by atoms with van der Waals surface area (Å²) in [6.07, 6.45) is -1.70. The Bertz CT molecular complexity index is 720. The third-order valence-corrected chi connectivity index (χ3v) is 4.08. The lowest BCUT2D eigenvalue weighted by atomic mass is 10.1. The third kappa shape index (κ3) is 1.73. The highest BCUT2D eigenvalue weighted by Crippen LogP contribution is 2.45. The number of ether oxygens (including phenoxy) is 4. The van der Waals surface area contributed by atoms with Crippen molar-refractivity contribution in [3.63, 3.8) is 0 Å². The van der Waals surface area contributed by atoms with Crippen LogP contribution in [0.4, 0.5) is 0 Å². The van der Waals surface area contributed by atoms with Crippen molar-refractivity contribution in [2.24, 2.45) is 0 Å². The molecule has 2 fully saturated rings. The highest BCUT2D eigenvalue weighted by Gasteiger charge is 2.58. The third-order valence-electron chi connectivity index (χ3n) is 4.08. The molecule has 0 radical (unpaired) electrons. The molecule has 0 unspecified atom stereocenters. The van der Waals surface area contributed by atoms with Gasteiger partial charge in [-0.1, -0.05) is 0 Å². The molecule has 0 spiro atoms. The van der Waals surface area contributed by atoms with Crippen molar-refractivity contribution in [3.8, 4) is 5.88 Å². The fraction of sp³-hybridized carbons (Fsp3) is 0.692. The maximum absolute atomic E-state index is 12.2. The summed E-state index contributed by atoms with van der Waals surface area (Å²) < 4.78 is 24.5. The molecule has 0 amide bonds. The second-order valence-electron chi connectivity index (χ2n) is 6.00. The molecule has 3 aliphatic heterocycles. The van der Waals surface area contributed by atoms with Crippen LogP contribution in [0.2, 0.25) is 0 Å². The Morgan fingerprint density at radius 3 is 2.71 bits per heavy atom. The highest BCUT2D eigenvalue weighted by molar-refractivity contribution is 5.24. The summed E-state index contributed by atoms with van der Waals surface area (Å²) in [7, 11) is 0. The smallest absolute Gasteiger partial charge is 0.333 e. The van der Waals surface area contributed by atoms with Crippen LogP contribution in [0.3, 0.4) is 0 Å². The van der Waals surface area contributed by atoms with Crippen molar-refractivity contribution in [1.29, 1.82) is 0 Å². The Labute approximate surface area is 119 Å². The minimum Gasteiger partial charge on any atom is -0.475 e. The summed E-state index contributed by atoms with van der Waals surface area (Å²) >= 11 is 0. The van der Waals surface area contributed by atoms with Crippen molar-refractivity contribution in [2.45, 2.75) is 51.1 Å². The van der Waals surface area contributed by atoms with E-state index in [0.29, 0.717) is 5.56 Å². The van der Waals surface area contributed by atoms with E-state index in [0.717, 1.165) is 0 Å². The van der Waals surface area contributed by atoms with Crippen molar-refractivity contribution >= 4 is 0 Å². The van der Waals surface area contributed by atoms with E-state index < -0.39 is 29.4 Å². The Kier molecular flexibility index (Phi) is 2.46. The van der Waals surface area contributed by atoms with E-state index in [2.05, 4.69) is 4.98 Å². The maximum Gasteiger partial charge on any atom is 0.333 e. The van der Waals surface area contributed by atoms with Crippen LogP contribution in [0, 0.1) is 6.92 Å². The monoisotopic (exact) mass is 296 g/mol. The average Bonchev–Trinajstić information content (AvgIpc) is 2.78. The molecule has 1 aromatic rings. The molecule has 4 heterocycles. The lowest BCUT2D eigenvalue weighted by molar-refractivity contribution is -0.195. The Morgan fingerprint density at radius 2 is 1.95 bits per heavy atom. The molecule has 3 aliphatic rings. The zero-order chi connectivity index (χ0) is 14.9. The summed E-state index contributed by atoms with van der Waals surface area (Å²) in [5.74, 6) is -0.496. The summed E-state index contributed by atoms with van der Waals surface area (Å²) in [4.78, 5) is 26.2. The Balaban J connectivity index is 1.89. The zero-order valence-corrected chi connectivity index (χ0v) is 11.9. The number of hydrogen-bond acceptors (Lipinski definition) is 6. The molecular weight excluding hydrogens is 280 g/mol. The summed E-state index contributed by atoms with van der Waals surface area (Å²) in [6.45, 7) is 5.46. The minimum atomic E-state index is -0.735. The lowest BCUT2D eigenvalue weighted by Gasteiger charge is -2.23. The van der Waals surface area contributed by atoms with E-state index in [9.17, 15) is 9.59 Å². The second kappa shape index (κ2) is 3.96. The minimum absolute atomic E-state index is 0.209. The molecule has 114 valence electrons. The Morgan fingerprint density at radius 1 is 1.24 bits per heavy atom. The number of H-pyrrole nitrogens is 1. The molecule has 1 N–H and O–H groups in total. The van der Waals surface area contributed by atoms with Crippen LogP contribution in [0.1, 0.15) is 25.6 Å². The summed E-state index contributed by atoms with van der Waals surface area (Å²) in [6, 6.07) is 0. The number of hydrogen-bond donors (Lipinski definition) is 1. The van der Waals surface area contributed by atoms with Crippen molar-refractivity contribution in [3.05, 3.63) is 26.4 Å². The van der Waals surface area contributed by atoms with Gasteiger partial charge in [0.2, 0.25) is 5.88 Å². The van der Waals surface area contributed by atoms with E-state index in [1.54, 1.807) is 6.92 Å². The van der Waals surface area contributed by atoms with E-state index in [-0.39, 0.29) is 24.7 Å². The number of nitrogens with zero attached hydrogens (tertiary/aromatic N) is 1. The van der Waals surface area contributed by atoms with Gasteiger partial charge in [-0.05, 0) is 20.8 Å². The van der Waals surface area contributed by atoms with E-state index >= 15 is 0 Å². The predicted octanol–water partition coefficient (Wildman–Crippen LogP) is -0.345. The maximum atomic E-state index is 12.2. The predicted molar refractivity (Wildman–Crippen MR) is 69.3 cm³/mol. The zero-order valence-electron chi connectivity index (χ0n) is 11.9. The first-order valence-corrected chi connectivity index (χ1v) is 6.87. The SMILES string of the molecule is Cc1c2n(c(=O)[nH]c1=O)[C@@H]1O[C@H](CO2)[C@H]2OC(C)(C)O[C@H]21. The van der Waals surface area contributed by atoms with Gasteiger partial charge in [0.05, 0.1) is 5.56 Å². The number of aromatic amines is 1. The van der Waals surface area contributed by atoms with Crippen LogP contribution >= 0.6 is 0 Å². The summed E-state index contributed by atoms with van der Waals surface area (Å²) in [5, 5.41) is 0. The summed E-state index contributed by atoms with van der Waals surface area (Å²) in [5.41, 5.74) is -0.676. The van der Waals surface area contributed by atoms with Crippen LogP contribution in [0.15, 0.2) is 9.59 Å². The van der Waals surface area contributed by atoms with Crippen LogP contribution in [-0.2, 0) is 14.2 Å². The molecule has 4 atom stereocenters. The van der Waals surface area contributed by atoms with Crippen LogP contribution < -0.4 is 16.0 Å². The van der Waals surface area contributed by atoms with Gasteiger partial charge in [-0.3, -0.25) is 9.78 Å². The van der Waals surface area contributed by atoms with Gasteiger partial charge in [0, 0.05) is 0 Å². The van der Waals surface area contributed by atoms with Crippen molar-refractivity contribution < 1.29 is 18.9 Å². The molecule has 4 rings (SSSR count). The molecular formula is C13H16N2O6. The van der Waals surface area contributed by atoms with Crippen LogP contribution in [0.5, 0.6) is 5.88 Å². The molecule has 1 aromatic heterocycles. The fourth-order valence-corrected chi connectivity index (χ4v) is 3.19. The average molecular weight is 296 g/mol. The van der Waals surface area contributed by atoms with Crippen LogP contribution in [0.25, 0.3) is 0 Å². The molecule has 0 aliphatic carbocycles. The van der Waals surface area contributed by atoms with Gasteiger partial charge in [-0.25, -0.2) is 9.36 Å². The van der Waals surface area contributed by atoms with Gasteiger partial charge < -0.3 is 18.9 Å². The fourth-order valence-electron chi connectivity index (χ4n) is 3.19. The number of fused-ring (bicyclic) bond motifs is 7. The van der Waals surface area contributed by atoms with Gasteiger partial charge in [0.15, 0.2) is 12.0 Å². The van der Waals surface area contributed by atoms with Gasteiger partial charge in [-0.15, -0.1) is 0 Å². The first-order chi connectivity index (χ1) is 9.87. The van der Waals surface area contributed by atoms with Gasteiger partial charge in [0.25, 0.3) is 5.56 Å². The van der Waals surface area contributed by atoms with Crippen molar-refractivity contribution in [2.75, 3.05) is 6.61 Å². The number of aromatic nitrogens is 2. The van der Waals surface area contributed by atoms with Crippen LogP contribution in [-0.4, -0.2) is 40.3 Å². The lowest BCUT2D eigenvalue weighted by Crippen LogP contribution is -2.40. The quantitative estimate of drug-likeness (QED) is 0.704. The topological polar surface area (TPSA) is 91.8 Å². The molecule has 2 bridgehead atoms. The normalized spacial score (nSPS) is 35.8. The van der Waals surface area contributed by atoms with E-state index in [1.807, 2.05) is 13.8 Å². The van der Waals surface area contributed by atoms with E-state index in [4.69, 9.17) is 18.9 Å². The highest BCUT2D eigenvalue weighted by atomic mass is 16.8. The van der Waals surface area contributed by atoms with Gasteiger partial charge in [-0.2, -0.15) is 0 Å². The first kappa shape index (κ1) is 13.1. The molecule has 21 heavy (non-hydrogen) atoms. The molecule has 0 aromatic carbocycles. The van der Waals surface area contributed by atoms with Gasteiger partial charge in [0.1, 0.15) is 24.9 Å². The number of nitrogens with one attached hydrogen (secondary N) is 1. The first-order valence-electron chi connectivity index (χ1n) is 6.87. The molecule has 0 saturated carbocycles. The van der Waals surface area contributed by atoms with Crippen molar-refractivity contribution in [1.82, 2.24) is 9.55 Å². The molecule has 8 nitrogen and oxygen atoms in total.